The van der Waals surface area contributed by atoms with E-state index in [9.17, 15) is 9.59 Å². The van der Waals surface area contributed by atoms with Crippen LogP contribution in [0.5, 0.6) is 0 Å². The molecule has 0 spiro atoms. The number of carboxylic acid groups (broad SMARTS) is 1. The molecule has 3 atom stereocenters. The van der Waals surface area contributed by atoms with Crippen molar-refractivity contribution in [3.63, 3.8) is 0 Å². The van der Waals surface area contributed by atoms with Crippen molar-refractivity contribution in [1.82, 2.24) is 20.4 Å². The normalized spacial score (nSPS) is 26.4. The fraction of sp³-hybridized carbons (Fsp3) is 0.737. The van der Waals surface area contributed by atoms with Gasteiger partial charge in [0.15, 0.2) is 0 Å². The summed E-state index contributed by atoms with van der Waals surface area (Å²) in [5.74, 6) is 1.39. The highest BCUT2D eigenvalue weighted by molar-refractivity contribution is 7.11. The molecule has 0 bridgehead atoms. The molecule has 29 heavy (non-hydrogen) atoms. The third-order valence-corrected chi connectivity index (χ3v) is 6.92. The number of amides is 2. The summed E-state index contributed by atoms with van der Waals surface area (Å²) >= 11 is 1.51. The highest BCUT2D eigenvalue weighted by Gasteiger charge is 2.48. The smallest absolute Gasteiger partial charge is 0.290 e. The van der Waals surface area contributed by atoms with Gasteiger partial charge in [-0.2, -0.15) is 0 Å². The summed E-state index contributed by atoms with van der Waals surface area (Å²) in [7, 11) is 0. The van der Waals surface area contributed by atoms with E-state index in [0.29, 0.717) is 31.6 Å². The van der Waals surface area contributed by atoms with E-state index >= 15 is 0 Å². The second-order valence-corrected chi connectivity index (χ2v) is 9.03. The molecule has 1 aromatic rings. The number of fused-ring (bicyclic) bond motifs is 1. The molecule has 3 aliphatic rings. The zero-order chi connectivity index (χ0) is 20.8. The molecule has 1 aromatic heterocycles. The number of carbonyl (C=O) groups excluding carboxylic acids is 2. The largest absolute Gasteiger partial charge is 0.483 e. The molecule has 3 fully saturated rings. The summed E-state index contributed by atoms with van der Waals surface area (Å²) in [5.41, 5.74) is 0. The van der Waals surface area contributed by atoms with Crippen LogP contribution in [0.3, 0.4) is 0 Å². The van der Waals surface area contributed by atoms with Crippen LogP contribution in [-0.4, -0.2) is 64.8 Å². The van der Waals surface area contributed by atoms with Gasteiger partial charge in [-0.1, -0.05) is 11.3 Å². The molecule has 0 radical (unpaired) electrons. The van der Waals surface area contributed by atoms with Gasteiger partial charge in [0, 0.05) is 38.1 Å². The molecule has 9 nitrogen and oxygen atoms in total. The molecule has 2 N–H and O–H groups in total. The number of piperidine rings is 1. The lowest BCUT2D eigenvalue weighted by atomic mass is 9.61. The van der Waals surface area contributed by atoms with Crippen LogP contribution in [0.4, 0.5) is 0 Å². The maximum atomic E-state index is 12.8. The van der Waals surface area contributed by atoms with Crippen LogP contribution in [0.1, 0.15) is 35.7 Å². The number of hydrogen-bond donors (Lipinski definition) is 2. The maximum Gasteiger partial charge on any atom is 0.290 e. The van der Waals surface area contributed by atoms with Crippen molar-refractivity contribution in [2.24, 2.45) is 23.7 Å². The number of aromatic nitrogens is 2. The summed E-state index contributed by atoms with van der Waals surface area (Å²) in [6.45, 7) is 5.06. The molecule has 2 saturated heterocycles. The topological polar surface area (TPSA) is 122 Å². The summed E-state index contributed by atoms with van der Waals surface area (Å²) in [5, 5.41) is 19.7. The molecular formula is C19H28N4O5S. The zero-order valence-corrected chi connectivity index (χ0v) is 17.4. The van der Waals surface area contributed by atoms with E-state index in [-0.39, 0.29) is 30.1 Å². The van der Waals surface area contributed by atoms with Crippen LogP contribution in [0.25, 0.3) is 0 Å². The number of hydrogen-bond acceptors (Lipinski definition) is 7. The van der Waals surface area contributed by atoms with E-state index < -0.39 is 0 Å². The van der Waals surface area contributed by atoms with Gasteiger partial charge in [-0.05, 0) is 44.4 Å². The van der Waals surface area contributed by atoms with E-state index in [1.54, 1.807) is 0 Å². The molecule has 2 amide bonds. The number of nitrogens with one attached hydrogen (secondary N) is 1. The Kier molecular flexibility index (Phi) is 7.54. The number of likely N-dealkylation sites (tertiary alicyclic amines) is 1. The molecule has 2 aliphatic heterocycles. The third kappa shape index (κ3) is 5.30. The van der Waals surface area contributed by atoms with Crippen molar-refractivity contribution >= 4 is 29.6 Å². The van der Waals surface area contributed by atoms with Crippen LogP contribution >= 0.6 is 11.3 Å². The van der Waals surface area contributed by atoms with Crippen LogP contribution in [-0.2, 0) is 25.7 Å². The Balaban J connectivity index is 0.000000755. The number of carbonyl (C=O) groups is 3. The summed E-state index contributed by atoms with van der Waals surface area (Å²) in [6, 6.07) is 0. The number of rotatable bonds is 4. The number of aryl methyl sites for hydroxylation is 1. The summed E-state index contributed by atoms with van der Waals surface area (Å²) in [4.78, 5) is 35.7. The van der Waals surface area contributed by atoms with Crippen LogP contribution in [0.15, 0.2) is 0 Å². The van der Waals surface area contributed by atoms with Crippen LogP contribution < -0.4 is 5.32 Å². The Labute approximate surface area is 173 Å². The minimum Gasteiger partial charge on any atom is -0.483 e. The first-order valence-corrected chi connectivity index (χ1v) is 10.9. The fourth-order valence-corrected chi connectivity index (χ4v) is 5.14. The van der Waals surface area contributed by atoms with Gasteiger partial charge in [0.2, 0.25) is 11.8 Å². The van der Waals surface area contributed by atoms with E-state index in [0.717, 1.165) is 48.8 Å². The molecular weight excluding hydrogens is 396 g/mol. The molecule has 1 saturated carbocycles. The Bertz CT molecular complexity index is 721. The van der Waals surface area contributed by atoms with Crippen molar-refractivity contribution in [3.8, 4) is 0 Å². The third-order valence-electron chi connectivity index (χ3n) is 6.08. The Hall–Kier alpha value is -2.07. The van der Waals surface area contributed by atoms with Gasteiger partial charge >= 0.3 is 0 Å². The molecule has 0 aromatic carbocycles. The Morgan fingerprint density at radius 3 is 2.69 bits per heavy atom. The average Bonchev–Trinajstić information content (AvgIpc) is 3.13. The molecule has 10 heteroatoms. The SMILES string of the molecule is Cc1nnc(CNC(=O)[C@@H]2C[C@H]3CCN(C(=O)C4CCOCC4)C[C@H]32)s1.O=CO. The van der Waals surface area contributed by atoms with Crippen molar-refractivity contribution < 1.29 is 24.2 Å². The molecule has 1 aliphatic carbocycles. The maximum absolute atomic E-state index is 12.8. The number of nitrogens with zero attached hydrogens (tertiary/aromatic N) is 3. The molecule has 4 rings (SSSR count). The van der Waals surface area contributed by atoms with Gasteiger partial charge in [-0.25, -0.2) is 0 Å². The van der Waals surface area contributed by atoms with Gasteiger partial charge in [0.25, 0.3) is 6.47 Å². The standard InChI is InChI=1S/C18H26N4O3S.CH2O2/c1-11-20-21-16(26-11)9-19-17(23)14-8-13-2-5-22(10-15(13)14)18(24)12-3-6-25-7-4-12;2-1-3/h12-15H,2-10H2,1H3,(H,19,23);1H,(H,2,3)/t13-,14-,15-;/m1./s1. The van der Waals surface area contributed by atoms with Crippen molar-refractivity contribution in [2.75, 3.05) is 26.3 Å². The Morgan fingerprint density at radius 1 is 1.31 bits per heavy atom. The number of ether oxygens (including phenoxy) is 1. The van der Waals surface area contributed by atoms with Crippen molar-refractivity contribution in [3.05, 3.63) is 10.0 Å². The summed E-state index contributed by atoms with van der Waals surface area (Å²) < 4.78 is 5.37. The zero-order valence-electron chi connectivity index (χ0n) is 16.6. The van der Waals surface area contributed by atoms with Crippen LogP contribution in [0, 0.1) is 30.6 Å². The first kappa shape index (κ1) is 21.6. The van der Waals surface area contributed by atoms with E-state index in [2.05, 4.69) is 15.5 Å². The monoisotopic (exact) mass is 424 g/mol. The first-order chi connectivity index (χ1) is 14.0. The van der Waals surface area contributed by atoms with Crippen molar-refractivity contribution in [2.45, 2.75) is 39.2 Å². The van der Waals surface area contributed by atoms with Gasteiger partial charge in [-0.15, -0.1) is 10.2 Å². The van der Waals surface area contributed by atoms with Gasteiger partial charge in [-0.3, -0.25) is 14.4 Å². The highest BCUT2D eigenvalue weighted by atomic mass is 32.1. The van der Waals surface area contributed by atoms with Gasteiger partial charge in [0.05, 0.1) is 6.54 Å². The van der Waals surface area contributed by atoms with Gasteiger partial charge < -0.3 is 20.1 Å². The molecule has 3 heterocycles. The van der Waals surface area contributed by atoms with E-state index in [1.807, 2.05) is 11.8 Å². The lowest BCUT2D eigenvalue weighted by molar-refractivity contribution is -0.149. The summed E-state index contributed by atoms with van der Waals surface area (Å²) in [6.07, 6.45) is 3.63. The Morgan fingerprint density at radius 2 is 2.03 bits per heavy atom. The van der Waals surface area contributed by atoms with Crippen molar-refractivity contribution in [1.29, 1.82) is 0 Å². The highest BCUT2D eigenvalue weighted by Crippen LogP contribution is 2.46. The predicted octanol–water partition coefficient (Wildman–Crippen LogP) is 1.07. The van der Waals surface area contributed by atoms with Crippen LogP contribution in [0.2, 0.25) is 0 Å². The minimum atomic E-state index is -0.250. The predicted molar refractivity (Wildman–Crippen MR) is 105 cm³/mol. The minimum absolute atomic E-state index is 0.0271. The van der Waals surface area contributed by atoms with E-state index in [4.69, 9.17) is 14.6 Å². The quantitative estimate of drug-likeness (QED) is 0.694. The van der Waals surface area contributed by atoms with Gasteiger partial charge in [0.1, 0.15) is 10.0 Å². The second kappa shape index (κ2) is 10.1. The second-order valence-electron chi connectivity index (χ2n) is 7.76. The molecule has 0 unspecified atom stereocenters. The molecule has 160 valence electrons. The lowest BCUT2D eigenvalue weighted by Gasteiger charge is -2.50. The lowest BCUT2D eigenvalue weighted by Crippen LogP contribution is -2.56. The average molecular weight is 425 g/mol. The first-order valence-electron chi connectivity index (χ1n) is 10.0. The van der Waals surface area contributed by atoms with E-state index in [1.165, 1.54) is 11.3 Å². The fourth-order valence-electron chi connectivity index (χ4n) is 4.49.